The highest BCUT2D eigenvalue weighted by Crippen LogP contribution is 2.38. The number of hydrogen-bond donors (Lipinski definition) is 0. The Bertz CT molecular complexity index is 600. The third-order valence-electron chi connectivity index (χ3n) is 4.80. The van der Waals surface area contributed by atoms with Crippen LogP contribution >= 0.6 is 0 Å². The Morgan fingerprint density at radius 2 is 1.96 bits per heavy atom. The molecule has 0 aromatic heterocycles. The van der Waals surface area contributed by atoms with Gasteiger partial charge in [-0.3, -0.25) is 0 Å². The summed E-state index contributed by atoms with van der Waals surface area (Å²) in [5.74, 6) is 1.08. The minimum Gasteiger partial charge on any atom is -0.490 e. The number of anilines is 1. The summed E-state index contributed by atoms with van der Waals surface area (Å²) < 4.78 is 6.01. The first-order valence-electron chi connectivity index (χ1n) is 9.25. The lowest BCUT2D eigenvalue weighted by Crippen LogP contribution is -2.32. The van der Waals surface area contributed by atoms with Crippen LogP contribution in [0, 0.1) is 0 Å². The van der Waals surface area contributed by atoms with Gasteiger partial charge in [-0.05, 0) is 61.4 Å². The number of benzene rings is 1. The number of ether oxygens (including phenoxy) is 1. The fourth-order valence-corrected chi connectivity index (χ4v) is 3.56. The molecule has 2 aliphatic rings. The highest BCUT2D eigenvalue weighted by atomic mass is 16.5. The van der Waals surface area contributed by atoms with Gasteiger partial charge in [0.25, 0.3) is 0 Å². The molecule has 0 radical (unpaired) electrons. The van der Waals surface area contributed by atoms with E-state index in [1.165, 1.54) is 54.6 Å². The van der Waals surface area contributed by atoms with E-state index in [9.17, 15) is 0 Å². The average Bonchev–Trinajstić information content (AvgIpc) is 2.60. The Balaban J connectivity index is 1.96. The second-order valence-electron chi connectivity index (χ2n) is 6.57. The van der Waals surface area contributed by atoms with Crippen molar-refractivity contribution in [1.29, 1.82) is 0 Å². The topological polar surface area (TPSA) is 12.5 Å². The molecule has 2 nitrogen and oxygen atoms in total. The van der Waals surface area contributed by atoms with Crippen LogP contribution in [0.25, 0.3) is 0 Å². The van der Waals surface area contributed by atoms with Crippen LogP contribution in [0.2, 0.25) is 0 Å². The van der Waals surface area contributed by atoms with Gasteiger partial charge in [0.1, 0.15) is 12.4 Å². The Morgan fingerprint density at radius 1 is 1.09 bits per heavy atom. The fourth-order valence-electron chi connectivity index (χ4n) is 3.56. The maximum atomic E-state index is 6.01. The Hall–Kier alpha value is -1.70. The van der Waals surface area contributed by atoms with E-state index in [1.54, 1.807) is 0 Å². The van der Waals surface area contributed by atoms with E-state index < -0.39 is 0 Å². The predicted molar refractivity (Wildman–Crippen MR) is 98.3 cm³/mol. The minimum absolute atomic E-state index is 0.786. The van der Waals surface area contributed by atoms with Gasteiger partial charge < -0.3 is 9.64 Å². The monoisotopic (exact) mass is 311 g/mol. The largest absolute Gasteiger partial charge is 0.490 e. The first-order chi connectivity index (χ1) is 11.3. The predicted octanol–water partition coefficient (Wildman–Crippen LogP) is 5.41. The van der Waals surface area contributed by atoms with Gasteiger partial charge in [-0.15, -0.1) is 0 Å². The molecule has 0 spiro atoms. The number of unbranched alkanes of at least 4 members (excludes halogenated alkanes) is 1. The molecule has 0 saturated carbocycles. The number of fused-ring (bicyclic) bond motifs is 1. The highest BCUT2D eigenvalue weighted by Gasteiger charge is 2.23. The lowest BCUT2D eigenvalue weighted by molar-refractivity contribution is 0.310. The maximum absolute atomic E-state index is 6.01. The molecule has 0 saturated heterocycles. The van der Waals surface area contributed by atoms with Crippen LogP contribution in [-0.4, -0.2) is 13.2 Å². The molecule has 1 aromatic carbocycles. The van der Waals surface area contributed by atoms with Gasteiger partial charge in [0.05, 0.1) is 12.2 Å². The molecular formula is C21H29NO. The molecular weight excluding hydrogens is 282 g/mol. The molecule has 1 aliphatic heterocycles. The zero-order valence-electron chi connectivity index (χ0n) is 14.6. The van der Waals surface area contributed by atoms with Crippen LogP contribution in [0.3, 0.4) is 0 Å². The lowest BCUT2D eigenvalue weighted by Gasteiger charge is -2.34. The molecule has 23 heavy (non-hydrogen) atoms. The van der Waals surface area contributed by atoms with Crippen LogP contribution in [0.5, 0.6) is 5.75 Å². The van der Waals surface area contributed by atoms with Gasteiger partial charge in [-0.25, -0.2) is 0 Å². The van der Waals surface area contributed by atoms with Crippen molar-refractivity contribution in [2.24, 2.45) is 0 Å². The number of nitrogens with zero attached hydrogens (tertiary/aromatic N) is 1. The third-order valence-corrected chi connectivity index (χ3v) is 4.80. The molecule has 3 rings (SSSR count). The number of hydrogen-bond acceptors (Lipinski definition) is 2. The van der Waals surface area contributed by atoms with E-state index in [0.717, 1.165) is 31.7 Å². The van der Waals surface area contributed by atoms with Gasteiger partial charge in [0, 0.05) is 5.70 Å². The Morgan fingerprint density at radius 3 is 2.70 bits per heavy atom. The molecule has 0 amide bonds. The van der Waals surface area contributed by atoms with E-state index in [0.29, 0.717) is 0 Å². The summed E-state index contributed by atoms with van der Waals surface area (Å²) in [6.45, 7) is 6.28. The van der Waals surface area contributed by atoms with Crippen LogP contribution in [0.1, 0.15) is 57.1 Å². The van der Waals surface area contributed by atoms with E-state index >= 15 is 0 Å². The van der Waals surface area contributed by atoms with Gasteiger partial charge in [0.15, 0.2) is 0 Å². The summed E-state index contributed by atoms with van der Waals surface area (Å²) in [6.07, 6.45) is 15.0. The molecule has 0 unspecified atom stereocenters. The van der Waals surface area contributed by atoms with Crippen molar-refractivity contribution in [3.05, 3.63) is 47.2 Å². The van der Waals surface area contributed by atoms with Crippen molar-refractivity contribution in [2.75, 3.05) is 18.1 Å². The van der Waals surface area contributed by atoms with Crippen molar-refractivity contribution in [3.63, 3.8) is 0 Å². The van der Waals surface area contributed by atoms with Crippen LogP contribution in [0.15, 0.2) is 36.1 Å². The van der Waals surface area contributed by atoms with Crippen molar-refractivity contribution in [1.82, 2.24) is 0 Å². The molecule has 1 heterocycles. The normalized spacial score (nSPS) is 16.8. The molecule has 124 valence electrons. The summed E-state index contributed by atoms with van der Waals surface area (Å²) in [4.78, 5) is 2.48. The van der Waals surface area contributed by atoms with Crippen molar-refractivity contribution >= 4 is 5.69 Å². The molecule has 1 aliphatic carbocycles. The summed E-state index contributed by atoms with van der Waals surface area (Å²) in [5.41, 5.74) is 5.72. The van der Waals surface area contributed by atoms with E-state index in [2.05, 4.69) is 49.1 Å². The Kier molecular flexibility index (Phi) is 5.43. The van der Waals surface area contributed by atoms with Crippen molar-refractivity contribution in [2.45, 2.75) is 58.8 Å². The third kappa shape index (κ3) is 3.63. The fraction of sp³-hybridized carbons (Fsp3) is 0.524. The summed E-state index contributed by atoms with van der Waals surface area (Å²) >= 11 is 0. The number of aryl methyl sites for hydroxylation is 2. The average molecular weight is 311 g/mol. The number of rotatable bonds is 6. The Labute approximate surface area is 140 Å². The smallest absolute Gasteiger partial charge is 0.143 e. The molecule has 0 fully saturated rings. The van der Waals surface area contributed by atoms with Gasteiger partial charge in [0.2, 0.25) is 0 Å². The quantitative estimate of drug-likeness (QED) is 0.696. The van der Waals surface area contributed by atoms with Crippen molar-refractivity contribution in [3.8, 4) is 5.75 Å². The van der Waals surface area contributed by atoms with E-state index in [4.69, 9.17) is 4.74 Å². The molecule has 0 atom stereocenters. The van der Waals surface area contributed by atoms with Crippen molar-refractivity contribution < 1.29 is 4.74 Å². The maximum Gasteiger partial charge on any atom is 0.143 e. The minimum atomic E-state index is 0.786. The first kappa shape index (κ1) is 16.2. The van der Waals surface area contributed by atoms with Crippen LogP contribution < -0.4 is 9.64 Å². The molecule has 1 aromatic rings. The standard InChI is InChI=1S/C21H29NO/c1-3-5-10-18-16-21-20(15-17(18)9-4-2)22(13-14-23-21)19-11-7-6-8-12-19/h6-7,11,15-16H,3-5,8-10,12-14H2,1-2H3. The molecule has 2 heteroatoms. The zero-order chi connectivity index (χ0) is 16.1. The summed E-state index contributed by atoms with van der Waals surface area (Å²) in [6, 6.07) is 4.73. The van der Waals surface area contributed by atoms with Gasteiger partial charge >= 0.3 is 0 Å². The van der Waals surface area contributed by atoms with Gasteiger partial charge in [-0.1, -0.05) is 38.8 Å². The molecule has 0 bridgehead atoms. The van der Waals surface area contributed by atoms with E-state index in [-0.39, 0.29) is 0 Å². The second kappa shape index (κ2) is 7.72. The SMILES string of the molecule is CCCCc1cc2c(cc1CCC)N(C1=CC=CCC1)CCO2. The number of allylic oxidation sites excluding steroid dienone is 4. The van der Waals surface area contributed by atoms with E-state index in [1.807, 2.05) is 0 Å². The summed E-state index contributed by atoms with van der Waals surface area (Å²) in [5, 5.41) is 0. The van der Waals surface area contributed by atoms with Gasteiger partial charge in [-0.2, -0.15) is 0 Å². The lowest BCUT2D eigenvalue weighted by atomic mass is 9.96. The summed E-state index contributed by atoms with van der Waals surface area (Å²) in [7, 11) is 0. The second-order valence-corrected chi connectivity index (χ2v) is 6.57. The molecule has 0 N–H and O–H groups in total. The van der Waals surface area contributed by atoms with Crippen LogP contribution in [0.4, 0.5) is 5.69 Å². The highest BCUT2D eigenvalue weighted by molar-refractivity contribution is 5.66. The van der Waals surface area contributed by atoms with Crippen LogP contribution in [-0.2, 0) is 12.8 Å². The zero-order valence-corrected chi connectivity index (χ0v) is 14.6. The first-order valence-corrected chi connectivity index (χ1v) is 9.25.